The summed E-state index contributed by atoms with van der Waals surface area (Å²) in [5.41, 5.74) is 1.41. The van der Waals surface area contributed by atoms with Crippen LogP contribution in [0.25, 0.3) is 0 Å². The van der Waals surface area contributed by atoms with Crippen LogP contribution in [0.4, 0.5) is 0 Å². The van der Waals surface area contributed by atoms with E-state index in [4.69, 9.17) is 0 Å². The lowest BCUT2D eigenvalue weighted by molar-refractivity contribution is -0.00483. The van der Waals surface area contributed by atoms with Crippen LogP contribution in [0.5, 0.6) is 0 Å². The number of benzene rings is 1. The molecule has 1 aliphatic rings. The highest BCUT2D eigenvalue weighted by atomic mass is 15.3. The van der Waals surface area contributed by atoms with Crippen LogP contribution >= 0.6 is 0 Å². The van der Waals surface area contributed by atoms with Crippen molar-refractivity contribution in [1.29, 1.82) is 0 Å². The van der Waals surface area contributed by atoms with Crippen molar-refractivity contribution < 1.29 is 0 Å². The minimum atomic E-state index is 0.652. The molecular weight excluding hydrogens is 234 g/mol. The van der Waals surface area contributed by atoms with E-state index in [-0.39, 0.29) is 0 Å². The molecule has 0 aliphatic carbocycles. The van der Waals surface area contributed by atoms with Gasteiger partial charge in [0.05, 0.1) is 6.33 Å². The Bertz CT molecular complexity index is 492. The van der Waals surface area contributed by atoms with E-state index >= 15 is 0 Å². The maximum Gasteiger partial charge on any atom is 0.0946 e. The fourth-order valence-electron chi connectivity index (χ4n) is 3.02. The first-order valence-electron chi connectivity index (χ1n) is 7.12. The highest BCUT2D eigenvalue weighted by Crippen LogP contribution is 2.31. The maximum atomic E-state index is 4.13. The quantitative estimate of drug-likeness (QED) is 0.819. The van der Waals surface area contributed by atoms with Gasteiger partial charge in [0, 0.05) is 37.6 Å². The molecule has 3 nitrogen and oxygen atoms in total. The van der Waals surface area contributed by atoms with Crippen LogP contribution in [0, 0.1) is 0 Å². The van der Waals surface area contributed by atoms with E-state index in [1.807, 2.05) is 12.5 Å². The monoisotopic (exact) mass is 255 g/mol. The smallest absolute Gasteiger partial charge is 0.0946 e. The van der Waals surface area contributed by atoms with Gasteiger partial charge in [0.15, 0.2) is 0 Å². The third-order valence-corrected chi connectivity index (χ3v) is 4.14. The molecule has 3 rings (SSSR count). The molecule has 2 aromatic rings. The average Bonchev–Trinajstić information content (AvgIpc) is 2.95. The summed E-state index contributed by atoms with van der Waals surface area (Å²) in [7, 11) is 0. The van der Waals surface area contributed by atoms with Crippen molar-refractivity contribution in [1.82, 2.24) is 14.5 Å². The topological polar surface area (TPSA) is 21.1 Å². The molecule has 0 amide bonds. The fraction of sp³-hybridized carbons (Fsp3) is 0.438. The number of imidazole rings is 1. The SMILES string of the molecule is CCC1CC(Cn2ccnc2)N1Cc1ccccc1. The molecule has 1 aliphatic heterocycles. The molecule has 1 aromatic carbocycles. The molecule has 100 valence electrons. The van der Waals surface area contributed by atoms with Crippen molar-refractivity contribution >= 4 is 0 Å². The second-order valence-electron chi connectivity index (χ2n) is 5.37. The highest BCUT2D eigenvalue weighted by molar-refractivity contribution is 5.15. The molecule has 1 fully saturated rings. The molecule has 0 bridgehead atoms. The van der Waals surface area contributed by atoms with Crippen molar-refractivity contribution in [2.24, 2.45) is 0 Å². The summed E-state index contributed by atoms with van der Waals surface area (Å²) in [6.07, 6.45) is 8.38. The Morgan fingerprint density at radius 2 is 2.05 bits per heavy atom. The summed E-state index contributed by atoms with van der Waals surface area (Å²) in [6, 6.07) is 12.2. The fourth-order valence-corrected chi connectivity index (χ4v) is 3.02. The van der Waals surface area contributed by atoms with Gasteiger partial charge in [0.1, 0.15) is 0 Å². The lowest BCUT2D eigenvalue weighted by Gasteiger charge is -2.49. The largest absolute Gasteiger partial charge is 0.336 e. The van der Waals surface area contributed by atoms with Gasteiger partial charge in [-0.1, -0.05) is 37.3 Å². The van der Waals surface area contributed by atoms with Gasteiger partial charge in [-0.25, -0.2) is 4.98 Å². The molecule has 19 heavy (non-hydrogen) atoms. The van der Waals surface area contributed by atoms with Crippen molar-refractivity contribution in [2.75, 3.05) is 0 Å². The van der Waals surface area contributed by atoms with E-state index in [0.717, 1.165) is 19.1 Å². The van der Waals surface area contributed by atoms with Gasteiger partial charge in [-0.2, -0.15) is 0 Å². The van der Waals surface area contributed by atoms with Crippen LogP contribution in [-0.2, 0) is 13.1 Å². The van der Waals surface area contributed by atoms with Gasteiger partial charge in [-0.3, -0.25) is 4.90 Å². The summed E-state index contributed by atoms with van der Waals surface area (Å²) < 4.78 is 2.19. The van der Waals surface area contributed by atoms with Gasteiger partial charge in [-0.15, -0.1) is 0 Å². The molecule has 2 atom stereocenters. The molecule has 0 N–H and O–H groups in total. The van der Waals surface area contributed by atoms with E-state index < -0.39 is 0 Å². The van der Waals surface area contributed by atoms with Crippen molar-refractivity contribution in [3.8, 4) is 0 Å². The Morgan fingerprint density at radius 1 is 1.21 bits per heavy atom. The zero-order chi connectivity index (χ0) is 13.1. The summed E-state index contributed by atoms with van der Waals surface area (Å²) in [4.78, 5) is 6.76. The molecule has 1 saturated heterocycles. The van der Waals surface area contributed by atoms with Gasteiger partial charge in [0.2, 0.25) is 0 Å². The van der Waals surface area contributed by atoms with E-state index in [9.17, 15) is 0 Å². The van der Waals surface area contributed by atoms with Crippen LogP contribution in [0.3, 0.4) is 0 Å². The van der Waals surface area contributed by atoms with Gasteiger partial charge in [-0.05, 0) is 18.4 Å². The molecule has 0 radical (unpaired) electrons. The molecule has 0 saturated carbocycles. The predicted octanol–water partition coefficient (Wildman–Crippen LogP) is 2.94. The third kappa shape index (κ3) is 2.71. The van der Waals surface area contributed by atoms with E-state index in [0.29, 0.717) is 6.04 Å². The van der Waals surface area contributed by atoms with E-state index in [1.165, 1.54) is 18.4 Å². The molecule has 3 heteroatoms. The first-order chi connectivity index (χ1) is 9.36. The molecule has 2 unspecified atom stereocenters. The van der Waals surface area contributed by atoms with Gasteiger partial charge >= 0.3 is 0 Å². The summed E-state index contributed by atoms with van der Waals surface area (Å²) in [5, 5.41) is 0. The van der Waals surface area contributed by atoms with E-state index in [2.05, 4.69) is 57.9 Å². The minimum absolute atomic E-state index is 0.652. The second-order valence-corrected chi connectivity index (χ2v) is 5.37. The zero-order valence-electron chi connectivity index (χ0n) is 11.4. The minimum Gasteiger partial charge on any atom is -0.336 e. The highest BCUT2D eigenvalue weighted by Gasteiger charge is 2.36. The molecule has 1 aromatic heterocycles. The normalized spacial score (nSPS) is 23.2. The Labute approximate surface area is 114 Å². The van der Waals surface area contributed by atoms with Crippen molar-refractivity contribution in [2.45, 2.75) is 44.9 Å². The Hall–Kier alpha value is -1.61. The number of aromatic nitrogens is 2. The number of hydrogen-bond donors (Lipinski definition) is 0. The standard InChI is InChI=1S/C16H21N3/c1-2-15-10-16(12-18-9-8-17-13-18)19(15)11-14-6-4-3-5-7-14/h3-9,13,15-16H,2,10-12H2,1H3. The second kappa shape index (κ2) is 5.57. The van der Waals surface area contributed by atoms with E-state index in [1.54, 1.807) is 0 Å². The lowest BCUT2D eigenvalue weighted by atomic mass is 9.90. The summed E-state index contributed by atoms with van der Waals surface area (Å²) >= 11 is 0. The van der Waals surface area contributed by atoms with Crippen LogP contribution in [0.15, 0.2) is 49.1 Å². The summed E-state index contributed by atoms with van der Waals surface area (Å²) in [5.74, 6) is 0. The van der Waals surface area contributed by atoms with Crippen LogP contribution < -0.4 is 0 Å². The molecular formula is C16H21N3. The number of likely N-dealkylation sites (tertiary alicyclic amines) is 1. The molecule has 0 spiro atoms. The first-order valence-corrected chi connectivity index (χ1v) is 7.12. The number of nitrogens with zero attached hydrogens (tertiary/aromatic N) is 3. The van der Waals surface area contributed by atoms with Gasteiger partial charge < -0.3 is 4.57 Å². The Balaban J connectivity index is 1.65. The number of hydrogen-bond acceptors (Lipinski definition) is 2. The Morgan fingerprint density at radius 3 is 2.74 bits per heavy atom. The maximum absolute atomic E-state index is 4.13. The summed E-state index contributed by atoms with van der Waals surface area (Å²) in [6.45, 7) is 4.41. The van der Waals surface area contributed by atoms with Gasteiger partial charge in [0.25, 0.3) is 0 Å². The van der Waals surface area contributed by atoms with Crippen molar-refractivity contribution in [3.63, 3.8) is 0 Å². The van der Waals surface area contributed by atoms with Crippen LogP contribution in [0.1, 0.15) is 25.3 Å². The first kappa shape index (κ1) is 12.4. The third-order valence-electron chi connectivity index (χ3n) is 4.14. The molecule has 2 heterocycles. The Kier molecular flexibility index (Phi) is 3.65. The van der Waals surface area contributed by atoms with Crippen LogP contribution in [-0.4, -0.2) is 26.5 Å². The lowest BCUT2D eigenvalue weighted by Crippen LogP contribution is -2.56. The number of rotatable bonds is 5. The van der Waals surface area contributed by atoms with Crippen molar-refractivity contribution in [3.05, 3.63) is 54.6 Å². The van der Waals surface area contributed by atoms with Crippen LogP contribution in [0.2, 0.25) is 0 Å². The predicted molar refractivity (Wildman–Crippen MR) is 76.7 cm³/mol. The average molecular weight is 255 g/mol. The zero-order valence-corrected chi connectivity index (χ0v) is 11.4.